The van der Waals surface area contributed by atoms with Crippen molar-refractivity contribution in [2.24, 2.45) is 5.73 Å². The lowest BCUT2D eigenvalue weighted by Gasteiger charge is -2.09. The number of nitrogens with two attached hydrogens (primary N) is 1. The van der Waals surface area contributed by atoms with Crippen LogP contribution in [0.2, 0.25) is 0 Å². The first-order valence-electron chi connectivity index (χ1n) is 4.14. The molecule has 0 saturated heterocycles. The van der Waals surface area contributed by atoms with Crippen LogP contribution < -0.4 is 5.73 Å². The number of nitro benzene ring substituents is 1. The van der Waals surface area contributed by atoms with E-state index in [1.165, 1.54) is 12.1 Å². The Hall–Kier alpha value is -1.46. The molecule has 0 aliphatic carbocycles. The summed E-state index contributed by atoms with van der Waals surface area (Å²) in [5.41, 5.74) is 6.64. The third-order valence-electron chi connectivity index (χ3n) is 1.88. The van der Waals surface area contributed by atoms with E-state index in [0.717, 1.165) is 5.56 Å². The van der Waals surface area contributed by atoms with Gasteiger partial charge in [0.1, 0.15) is 0 Å². The number of hydrogen-bond donors (Lipinski definition) is 1. The second-order valence-electron chi connectivity index (χ2n) is 2.91. The number of rotatable bonds is 4. The first-order valence-corrected chi connectivity index (χ1v) is 4.14. The van der Waals surface area contributed by atoms with Crippen molar-refractivity contribution in [1.82, 2.24) is 0 Å². The molecule has 0 fully saturated rings. The summed E-state index contributed by atoms with van der Waals surface area (Å²) in [7, 11) is 1.56. The van der Waals surface area contributed by atoms with Gasteiger partial charge in [-0.05, 0) is 5.56 Å². The minimum atomic E-state index is -0.439. The number of methoxy groups -OCH3 is 1. The van der Waals surface area contributed by atoms with Crippen LogP contribution in [0.5, 0.6) is 0 Å². The zero-order valence-electron chi connectivity index (χ0n) is 7.84. The van der Waals surface area contributed by atoms with Gasteiger partial charge in [0.05, 0.1) is 17.6 Å². The first-order chi connectivity index (χ1) is 6.65. The molecule has 0 heterocycles. The van der Waals surface area contributed by atoms with Gasteiger partial charge >= 0.3 is 0 Å². The van der Waals surface area contributed by atoms with E-state index in [1.54, 1.807) is 19.2 Å². The van der Waals surface area contributed by atoms with Crippen LogP contribution in [-0.2, 0) is 4.74 Å². The average Bonchev–Trinajstić information content (AvgIpc) is 2.18. The van der Waals surface area contributed by atoms with Crippen LogP contribution in [0.3, 0.4) is 0 Å². The van der Waals surface area contributed by atoms with Gasteiger partial charge in [-0.15, -0.1) is 0 Å². The molecule has 76 valence electrons. The van der Waals surface area contributed by atoms with Crippen molar-refractivity contribution < 1.29 is 9.66 Å². The van der Waals surface area contributed by atoms with Gasteiger partial charge in [0.2, 0.25) is 0 Å². The molecular weight excluding hydrogens is 184 g/mol. The van der Waals surface area contributed by atoms with Crippen molar-refractivity contribution in [1.29, 1.82) is 0 Å². The molecule has 0 aliphatic rings. The Kier molecular flexibility index (Phi) is 3.55. The highest BCUT2D eigenvalue weighted by Gasteiger charge is 2.08. The quantitative estimate of drug-likeness (QED) is 0.580. The van der Waals surface area contributed by atoms with Gasteiger partial charge < -0.3 is 10.5 Å². The maximum atomic E-state index is 10.4. The fourth-order valence-corrected chi connectivity index (χ4v) is 1.12. The summed E-state index contributed by atoms with van der Waals surface area (Å²) in [5.74, 6) is 0. The highest BCUT2D eigenvalue weighted by Crippen LogP contribution is 2.16. The molecule has 0 aromatic heterocycles. The Morgan fingerprint density at radius 2 is 2.07 bits per heavy atom. The summed E-state index contributed by atoms with van der Waals surface area (Å²) in [6, 6.07) is 5.92. The fourth-order valence-electron chi connectivity index (χ4n) is 1.12. The van der Waals surface area contributed by atoms with E-state index < -0.39 is 4.92 Å². The third kappa shape index (κ3) is 2.51. The SMILES string of the molecule is COCC(N)c1ccc([N+](=O)[O-])cc1. The van der Waals surface area contributed by atoms with Crippen LogP contribution in [0, 0.1) is 10.1 Å². The van der Waals surface area contributed by atoms with Crippen molar-refractivity contribution >= 4 is 5.69 Å². The molecule has 2 N–H and O–H groups in total. The molecule has 0 amide bonds. The van der Waals surface area contributed by atoms with E-state index in [1.807, 2.05) is 0 Å². The maximum Gasteiger partial charge on any atom is 0.269 e. The van der Waals surface area contributed by atoms with E-state index >= 15 is 0 Å². The molecule has 1 unspecified atom stereocenters. The van der Waals surface area contributed by atoms with Crippen LogP contribution in [0.25, 0.3) is 0 Å². The van der Waals surface area contributed by atoms with Gasteiger partial charge in [-0.3, -0.25) is 10.1 Å². The number of nitro groups is 1. The van der Waals surface area contributed by atoms with Crippen molar-refractivity contribution in [3.63, 3.8) is 0 Å². The number of non-ortho nitro benzene ring substituents is 1. The molecule has 1 aromatic carbocycles. The predicted octanol–water partition coefficient (Wildman–Crippen LogP) is 1.24. The molecule has 0 radical (unpaired) electrons. The summed E-state index contributed by atoms with van der Waals surface area (Å²) in [6.45, 7) is 0.401. The van der Waals surface area contributed by atoms with Gasteiger partial charge in [0.15, 0.2) is 0 Å². The van der Waals surface area contributed by atoms with Crippen LogP contribution >= 0.6 is 0 Å². The Bertz CT molecular complexity index is 310. The van der Waals surface area contributed by atoms with E-state index in [-0.39, 0.29) is 11.7 Å². The van der Waals surface area contributed by atoms with E-state index in [4.69, 9.17) is 10.5 Å². The summed E-state index contributed by atoms with van der Waals surface area (Å²) >= 11 is 0. The monoisotopic (exact) mass is 196 g/mol. The fraction of sp³-hybridized carbons (Fsp3) is 0.333. The molecule has 14 heavy (non-hydrogen) atoms. The Balaban J connectivity index is 2.77. The number of ether oxygens (including phenoxy) is 1. The number of benzene rings is 1. The highest BCUT2D eigenvalue weighted by molar-refractivity contribution is 5.34. The summed E-state index contributed by atoms with van der Waals surface area (Å²) in [5, 5.41) is 10.4. The minimum absolute atomic E-state index is 0.0679. The second kappa shape index (κ2) is 4.69. The van der Waals surface area contributed by atoms with Crippen molar-refractivity contribution in [3.05, 3.63) is 39.9 Å². The molecule has 5 nitrogen and oxygen atoms in total. The zero-order valence-corrected chi connectivity index (χ0v) is 7.84. The predicted molar refractivity (Wildman–Crippen MR) is 51.9 cm³/mol. The lowest BCUT2D eigenvalue weighted by Crippen LogP contribution is -2.15. The Morgan fingerprint density at radius 1 is 1.50 bits per heavy atom. The average molecular weight is 196 g/mol. The summed E-state index contributed by atoms with van der Waals surface area (Å²) in [6.07, 6.45) is 0. The van der Waals surface area contributed by atoms with Gasteiger partial charge in [-0.2, -0.15) is 0 Å². The van der Waals surface area contributed by atoms with E-state index in [0.29, 0.717) is 6.61 Å². The van der Waals surface area contributed by atoms with Crippen LogP contribution in [0.15, 0.2) is 24.3 Å². The maximum absolute atomic E-state index is 10.4. The van der Waals surface area contributed by atoms with Crippen molar-refractivity contribution in [3.8, 4) is 0 Å². The Labute approximate surface area is 81.6 Å². The van der Waals surface area contributed by atoms with Crippen molar-refractivity contribution in [2.45, 2.75) is 6.04 Å². The molecule has 0 spiro atoms. The van der Waals surface area contributed by atoms with Crippen LogP contribution in [0.1, 0.15) is 11.6 Å². The molecule has 0 saturated carbocycles. The van der Waals surface area contributed by atoms with Gasteiger partial charge in [-0.25, -0.2) is 0 Å². The van der Waals surface area contributed by atoms with Crippen molar-refractivity contribution in [2.75, 3.05) is 13.7 Å². The standard InChI is InChI=1S/C9H12N2O3/c1-14-6-9(10)7-2-4-8(5-3-7)11(12)13/h2-5,9H,6,10H2,1H3. The third-order valence-corrected chi connectivity index (χ3v) is 1.88. The minimum Gasteiger partial charge on any atom is -0.383 e. The first kappa shape index (κ1) is 10.6. The number of nitrogens with zero attached hydrogens (tertiary/aromatic N) is 1. The van der Waals surface area contributed by atoms with Gasteiger partial charge in [0, 0.05) is 19.2 Å². The molecule has 1 atom stereocenters. The topological polar surface area (TPSA) is 78.4 Å². The zero-order chi connectivity index (χ0) is 10.6. The normalized spacial score (nSPS) is 12.4. The van der Waals surface area contributed by atoms with Crippen LogP contribution in [-0.4, -0.2) is 18.6 Å². The van der Waals surface area contributed by atoms with Gasteiger partial charge in [0.25, 0.3) is 5.69 Å². The molecule has 0 bridgehead atoms. The largest absolute Gasteiger partial charge is 0.383 e. The van der Waals surface area contributed by atoms with Gasteiger partial charge in [-0.1, -0.05) is 12.1 Å². The Morgan fingerprint density at radius 3 is 2.50 bits per heavy atom. The van der Waals surface area contributed by atoms with Crippen LogP contribution in [0.4, 0.5) is 5.69 Å². The van der Waals surface area contributed by atoms with E-state index in [2.05, 4.69) is 0 Å². The molecule has 1 rings (SSSR count). The second-order valence-corrected chi connectivity index (χ2v) is 2.91. The number of hydrogen-bond acceptors (Lipinski definition) is 4. The summed E-state index contributed by atoms with van der Waals surface area (Å²) in [4.78, 5) is 9.92. The lowest BCUT2D eigenvalue weighted by molar-refractivity contribution is -0.384. The van der Waals surface area contributed by atoms with E-state index in [9.17, 15) is 10.1 Å². The molecule has 1 aromatic rings. The molecule has 5 heteroatoms. The highest BCUT2D eigenvalue weighted by atomic mass is 16.6. The lowest BCUT2D eigenvalue weighted by atomic mass is 10.1. The molecular formula is C9H12N2O3. The molecule has 0 aliphatic heterocycles. The smallest absolute Gasteiger partial charge is 0.269 e. The summed E-state index contributed by atoms with van der Waals surface area (Å²) < 4.78 is 4.88.